The van der Waals surface area contributed by atoms with Crippen molar-refractivity contribution in [2.24, 2.45) is 5.73 Å². The molecule has 6 heteroatoms. The highest BCUT2D eigenvalue weighted by Crippen LogP contribution is 2.17. The van der Waals surface area contributed by atoms with E-state index in [-0.39, 0.29) is 24.0 Å². The van der Waals surface area contributed by atoms with Crippen LogP contribution in [0.2, 0.25) is 0 Å². The second kappa shape index (κ2) is 5.27. The maximum absolute atomic E-state index is 12.0. The van der Waals surface area contributed by atoms with Crippen LogP contribution < -0.4 is 11.1 Å². The highest BCUT2D eigenvalue weighted by molar-refractivity contribution is 5.80. The van der Waals surface area contributed by atoms with Crippen LogP contribution >= 0.6 is 0 Å². The van der Waals surface area contributed by atoms with Gasteiger partial charge in [0.1, 0.15) is 18.7 Å². The van der Waals surface area contributed by atoms with Crippen LogP contribution in [0.3, 0.4) is 0 Å². The molecule has 3 N–H and O–H groups in total. The van der Waals surface area contributed by atoms with E-state index in [9.17, 15) is 4.79 Å². The molecule has 1 unspecified atom stereocenters. The molecule has 6 nitrogen and oxygen atoms in total. The normalized spacial score (nSPS) is 26.5. The number of hydrogen-bond acceptors (Lipinski definition) is 4. The van der Waals surface area contributed by atoms with Crippen molar-refractivity contribution in [3.8, 4) is 0 Å². The average Bonchev–Trinajstić information content (AvgIpc) is 2.84. The van der Waals surface area contributed by atoms with E-state index in [0.717, 1.165) is 25.7 Å². The van der Waals surface area contributed by atoms with Crippen molar-refractivity contribution in [3.63, 3.8) is 0 Å². The van der Waals surface area contributed by atoms with Crippen LogP contribution in [-0.2, 0) is 4.79 Å². The quantitative estimate of drug-likeness (QED) is 0.787. The molecule has 0 spiro atoms. The fourth-order valence-electron chi connectivity index (χ4n) is 2.18. The lowest BCUT2D eigenvalue weighted by Crippen LogP contribution is -2.50. The lowest BCUT2D eigenvalue weighted by atomic mass is 9.91. The van der Waals surface area contributed by atoms with E-state index in [0.29, 0.717) is 0 Å². The van der Waals surface area contributed by atoms with Crippen molar-refractivity contribution in [1.29, 1.82) is 0 Å². The van der Waals surface area contributed by atoms with E-state index in [4.69, 9.17) is 5.73 Å². The van der Waals surface area contributed by atoms with Crippen LogP contribution in [0.4, 0.5) is 0 Å². The molecule has 1 aliphatic carbocycles. The molecule has 1 saturated carbocycles. The number of rotatable bonds is 3. The molecule has 1 amide bonds. The van der Waals surface area contributed by atoms with Crippen molar-refractivity contribution in [3.05, 3.63) is 12.7 Å². The lowest BCUT2D eigenvalue weighted by Gasteiger charge is -2.30. The van der Waals surface area contributed by atoms with Crippen molar-refractivity contribution >= 4 is 5.91 Å². The zero-order valence-corrected chi connectivity index (χ0v) is 10.0. The Morgan fingerprint density at radius 3 is 2.94 bits per heavy atom. The molecule has 0 aromatic carbocycles. The van der Waals surface area contributed by atoms with Gasteiger partial charge in [-0.1, -0.05) is 12.8 Å². The van der Waals surface area contributed by atoms with Crippen LogP contribution in [0, 0.1) is 0 Å². The fourth-order valence-corrected chi connectivity index (χ4v) is 2.18. The Hall–Kier alpha value is -1.43. The summed E-state index contributed by atoms with van der Waals surface area (Å²) in [5, 5.41) is 6.97. The van der Waals surface area contributed by atoms with E-state index >= 15 is 0 Å². The van der Waals surface area contributed by atoms with Gasteiger partial charge in [0.15, 0.2) is 0 Å². The number of nitrogens with zero attached hydrogens (tertiary/aromatic N) is 3. The van der Waals surface area contributed by atoms with Gasteiger partial charge in [-0.25, -0.2) is 9.67 Å². The van der Waals surface area contributed by atoms with Gasteiger partial charge in [-0.05, 0) is 19.8 Å². The predicted octanol–water partition coefficient (Wildman–Crippen LogP) is 0.225. The molecular weight excluding hydrogens is 218 g/mol. The average molecular weight is 237 g/mol. The van der Waals surface area contributed by atoms with Gasteiger partial charge in [0.2, 0.25) is 5.91 Å². The molecule has 1 heterocycles. The van der Waals surface area contributed by atoms with Gasteiger partial charge in [-0.3, -0.25) is 4.79 Å². The second-order valence-corrected chi connectivity index (χ2v) is 4.61. The standard InChI is InChI=1S/C11H19N5O/c1-8(16-7-13-6-14-16)11(17)15-10-5-3-2-4-9(10)12/h6-10H,2-5,12H2,1H3,(H,15,17)/t8?,9-,10-/m1/s1. The number of aromatic nitrogens is 3. The fraction of sp³-hybridized carbons (Fsp3) is 0.727. The van der Waals surface area contributed by atoms with Gasteiger partial charge in [0, 0.05) is 12.1 Å². The van der Waals surface area contributed by atoms with Gasteiger partial charge in [-0.2, -0.15) is 5.10 Å². The highest BCUT2D eigenvalue weighted by Gasteiger charge is 2.25. The van der Waals surface area contributed by atoms with E-state index in [1.165, 1.54) is 6.33 Å². The molecule has 1 aromatic rings. The number of hydrogen-bond donors (Lipinski definition) is 2. The Bertz CT molecular complexity index is 364. The summed E-state index contributed by atoms with van der Waals surface area (Å²) >= 11 is 0. The summed E-state index contributed by atoms with van der Waals surface area (Å²) in [6, 6.07) is -0.163. The Labute approximate surface area is 101 Å². The molecule has 0 saturated heterocycles. The van der Waals surface area contributed by atoms with Gasteiger partial charge >= 0.3 is 0 Å². The minimum atomic E-state index is -0.341. The summed E-state index contributed by atoms with van der Waals surface area (Å²) < 4.78 is 1.55. The van der Waals surface area contributed by atoms with Crippen molar-refractivity contribution < 1.29 is 4.79 Å². The molecule has 1 fully saturated rings. The maximum Gasteiger partial charge on any atom is 0.244 e. The molecular formula is C11H19N5O. The highest BCUT2D eigenvalue weighted by atomic mass is 16.2. The summed E-state index contributed by atoms with van der Waals surface area (Å²) in [6.07, 6.45) is 7.23. The van der Waals surface area contributed by atoms with E-state index in [1.54, 1.807) is 17.9 Å². The van der Waals surface area contributed by atoms with Gasteiger partial charge in [0.05, 0.1) is 0 Å². The van der Waals surface area contributed by atoms with Crippen molar-refractivity contribution in [1.82, 2.24) is 20.1 Å². The van der Waals surface area contributed by atoms with Crippen LogP contribution in [0.25, 0.3) is 0 Å². The summed E-state index contributed by atoms with van der Waals surface area (Å²) in [4.78, 5) is 15.8. The molecule has 1 aromatic heterocycles. The van der Waals surface area contributed by atoms with Gasteiger partial charge in [-0.15, -0.1) is 0 Å². The van der Waals surface area contributed by atoms with Crippen molar-refractivity contribution in [2.75, 3.05) is 0 Å². The van der Waals surface area contributed by atoms with Crippen LogP contribution in [0.5, 0.6) is 0 Å². The first-order valence-corrected chi connectivity index (χ1v) is 6.08. The van der Waals surface area contributed by atoms with Crippen LogP contribution in [0.15, 0.2) is 12.7 Å². The monoisotopic (exact) mass is 237 g/mol. The predicted molar refractivity (Wildman–Crippen MR) is 63.1 cm³/mol. The molecule has 0 radical (unpaired) electrons. The number of amides is 1. The Kier molecular flexibility index (Phi) is 3.73. The number of carbonyl (C=O) groups excluding carboxylic acids is 1. The zero-order chi connectivity index (χ0) is 12.3. The first kappa shape index (κ1) is 12.0. The molecule has 3 atom stereocenters. The number of nitrogens with two attached hydrogens (primary N) is 1. The van der Waals surface area contributed by atoms with E-state index in [2.05, 4.69) is 15.4 Å². The third kappa shape index (κ3) is 2.82. The smallest absolute Gasteiger partial charge is 0.244 e. The third-order valence-electron chi connectivity index (χ3n) is 3.36. The SMILES string of the molecule is CC(C(=O)N[C@@H]1CCCC[C@H]1N)n1cncn1. The molecule has 17 heavy (non-hydrogen) atoms. The van der Waals surface area contributed by atoms with Crippen LogP contribution in [-0.4, -0.2) is 32.8 Å². The maximum atomic E-state index is 12.0. The number of carbonyl (C=O) groups is 1. The second-order valence-electron chi connectivity index (χ2n) is 4.61. The number of nitrogens with one attached hydrogen (secondary N) is 1. The Balaban J connectivity index is 1.92. The summed E-state index contributed by atoms with van der Waals surface area (Å²) in [6.45, 7) is 1.80. The first-order chi connectivity index (χ1) is 8.18. The Morgan fingerprint density at radius 2 is 2.29 bits per heavy atom. The Morgan fingerprint density at radius 1 is 1.53 bits per heavy atom. The van der Waals surface area contributed by atoms with Crippen molar-refractivity contribution in [2.45, 2.75) is 50.7 Å². The lowest BCUT2D eigenvalue weighted by molar-refractivity contribution is -0.125. The minimum Gasteiger partial charge on any atom is -0.350 e. The largest absolute Gasteiger partial charge is 0.350 e. The molecule has 1 aliphatic rings. The minimum absolute atomic E-state index is 0.0437. The third-order valence-corrected chi connectivity index (χ3v) is 3.36. The van der Waals surface area contributed by atoms with Gasteiger partial charge in [0.25, 0.3) is 0 Å². The summed E-state index contributed by atoms with van der Waals surface area (Å²) in [7, 11) is 0. The molecule has 0 aliphatic heterocycles. The first-order valence-electron chi connectivity index (χ1n) is 6.08. The summed E-state index contributed by atoms with van der Waals surface area (Å²) in [5.41, 5.74) is 6.00. The van der Waals surface area contributed by atoms with Gasteiger partial charge < -0.3 is 11.1 Å². The van der Waals surface area contributed by atoms with E-state index < -0.39 is 0 Å². The molecule has 0 bridgehead atoms. The van der Waals surface area contributed by atoms with Crippen LogP contribution in [0.1, 0.15) is 38.6 Å². The van der Waals surface area contributed by atoms with E-state index in [1.807, 2.05) is 0 Å². The molecule has 2 rings (SSSR count). The zero-order valence-electron chi connectivity index (χ0n) is 10.0. The topological polar surface area (TPSA) is 85.8 Å². The molecule has 94 valence electrons. The summed E-state index contributed by atoms with van der Waals surface area (Å²) in [5.74, 6) is -0.0437.